The van der Waals surface area contributed by atoms with Crippen LogP contribution in [0, 0.1) is 0 Å². The largest absolute Gasteiger partial charge is 0.465 e. The number of carboxylic acid groups (broad SMARTS) is 1. The highest BCUT2D eigenvalue weighted by molar-refractivity contribution is 6.06. The van der Waals surface area contributed by atoms with Crippen molar-refractivity contribution in [2.45, 2.75) is 0 Å². The lowest BCUT2D eigenvalue weighted by Crippen LogP contribution is -2.42. The van der Waals surface area contributed by atoms with Crippen LogP contribution in [-0.4, -0.2) is 33.6 Å². The van der Waals surface area contributed by atoms with E-state index in [2.05, 4.69) is 15.3 Å². The van der Waals surface area contributed by atoms with Crippen LogP contribution in [0.25, 0.3) is 0 Å². The van der Waals surface area contributed by atoms with Crippen LogP contribution in [0.3, 0.4) is 0 Å². The highest BCUT2D eigenvalue weighted by Crippen LogP contribution is 2.26. The van der Waals surface area contributed by atoms with Gasteiger partial charge in [0.2, 0.25) is 11.9 Å². The van der Waals surface area contributed by atoms with E-state index in [1.807, 2.05) is 0 Å². The third kappa shape index (κ3) is 1.52. The van der Waals surface area contributed by atoms with Crippen LogP contribution in [0.15, 0.2) is 6.20 Å². The molecule has 1 aromatic heterocycles. The van der Waals surface area contributed by atoms with Crippen LogP contribution in [0.4, 0.5) is 22.2 Å². The van der Waals surface area contributed by atoms with Gasteiger partial charge < -0.3 is 16.2 Å². The fourth-order valence-corrected chi connectivity index (χ4v) is 1.25. The summed E-state index contributed by atoms with van der Waals surface area (Å²) in [5.41, 5.74) is 5.56. The molecule has 1 aromatic rings. The maximum atomic E-state index is 11.1. The minimum absolute atomic E-state index is 0.0452. The van der Waals surface area contributed by atoms with Gasteiger partial charge in [-0.3, -0.25) is 9.69 Å². The Morgan fingerprint density at radius 2 is 2.40 bits per heavy atom. The zero-order valence-corrected chi connectivity index (χ0v) is 7.47. The number of fused-ring (bicyclic) bond motifs is 1. The van der Waals surface area contributed by atoms with Gasteiger partial charge in [-0.15, -0.1) is 0 Å². The molecule has 0 saturated carbocycles. The predicted octanol–water partition coefficient (Wildman–Crippen LogP) is -0.505. The summed E-state index contributed by atoms with van der Waals surface area (Å²) in [5, 5.41) is 11.3. The zero-order valence-electron chi connectivity index (χ0n) is 7.47. The lowest BCUT2D eigenvalue weighted by atomic mass is 10.3. The number of anilines is 3. The van der Waals surface area contributed by atoms with Gasteiger partial charge in [0.05, 0.1) is 6.20 Å². The molecule has 0 atom stereocenters. The monoisotopic (exact) mass is 209 g/mol. The number of hydrogen-bond acceptors (Lipinski definition) is 5. The average molecular weight is 209 g/mol. The number of hydrogen-bond donors (Lipinski definition) is 3. The van der Waals surface area contributed by atoms with E-state index < -0.39 is 12.0 Å². The number of rotatable bonds is 0. The molecule has 2 rings (SSSR count). The second-order valence-electron chi connectivity index (χ2n) is 2.88. The van der Waals surface area contributed by atoms with Crippen molar-refractivity contribution in [3.05, 3.63) is 6.20 Å². The molecule has 78 valence electrons. The van der Waals surface area contributed by atoms with E-state index in [-0.39, 0.29) is 24.0 Å². The minimum atomic E-state index is -1.26. The normalized spacial score (nSPS) is 14.4. The maximum Gasteiger partial charge on any atom is 0.413 e. The Labute approximate surface area is 83.7 Å². The molecular formula is C7H7N5O3. The Kier molecular flexibility index (Phi) is 1.89. The summed E-state index contributed by atoms with van der Waals surface area (Å²) in [6.45, 7) is -0.293. The minimum Gasteiger partial charge on any atom is -0.465 e. The molecule has 2 heterocycles. The molecule has 0 saturated heterocycles. The number of amides is 2. The predicted molar refractivity (Wildman–Crippen MR) is 50.4 cm³/mol. The molecule has 0 radical (unpaired) electrons. The highest BCUT2D eigenvalue weighted by Gasteiger charge is 2.28. The summed E-state index contributed by atoms with van der Waals surface area (Å²) < 4.78 is 0. The molecule has 0 aliphatic carbocycles. The molecule has 0 fully saturated rings. The number of aromatic nitrogens is 2. The van der Waals surface area contributed by atoms with E-state index in [9.17, 15) is 9.59 Å². The lowest BCUT2D eigenvalue weighted by Gasteiger charge is -2.24. The summed E-state index contributed by atoms with van der Waals surface area (Å²) in [6.07, 6.45) is 0.00852. The number of nitrogens with two attached hydrogens (primary N) is 1. The molecule has 2 amide bonds. The van der Waals surface area contributed by atoms with Gasteiger partial charge in [-0.2, -0.15) is 4.98 Å². The second kappa shape index (κ2) is 3.08. The third-order valence-corrected chi connectivity index (χ3v) is 1.85. The number of nitrogen functional groups attached to an aromatic ring is 1. The first-order chi connectivity index (χ1) is 7.08. The van der Waals surface area contributed by atoms with Crippen molar-refractivity contribution in [3.8, 4) is 0 Å². The van der Waals surface area contributed by atoms with Gasteiger partial charge in [0.25, 0.3) is 0 Å². The molecular weight excluding hydrogens is 202 g/mol. The van der Waals surface area contributed by atoms with Gasteiger partial charge in [-0.05, 0) is 0 Å². The van der Waals surface area contributed by atoms with Crippen molar-refractivity contribution in [1.82, 2.24) is 9.97 Å². The van der Waals surface area contributed by atoms with Crippen molar-refractivity contribution >= 4 is 29.5 Å². The highest BCUT2D eigenvalue weighted by atomic mass is 16.4. The topological polar surface area (TPSA) is 121 Å². The van der Waals surface area contributed by atoms with Crippen molar-refractivity contribution in [2.24, 2.45) is 0 Å². The molecule has 0 unspecified atom stereocenters. The van der Waals surface area contributed by atoms with Crippen LogP contribution < -0.4 is 16.0 Å². The van der Waals surface area contributed by atoms with Gasteiger partial charge in [-0.25, -0.2) is 9.78 Å². The van der Waals surface area contributed by atoms with Crippen molar-refractivity contribution < 1.29 is 14.7 Å². The molecule has 0 spiro atoms. The summed E-state index contributed by atoms with van der Waals surface area (Å²) in [6, 6.07) is 0. The SMILES string of the molecule is Nc1ncc2c(n1)N(C(=O)O)CC(=O)N2. The number of nitrogens with zero attached hydrogens (tertiary/aromatic N) is 3. The van der Waals surface area contributed by atoms with Crippen LogP contribution >= 0.6 is 0 Å². The van der Waals surface area contributed by atoms with Crippen LogP contribution in [0.2, 0.25) is 0 Å². The average Bonchev–Trinajstić information content (AvgIpc) is 2.17. The van der Waals surface area contributed by atoms with E-state index in [1.165, 1.54) is 6.20 Å². The maximum absolute atomic E-state index is 11.1. The van der Waals surface area contributed by atoms with E-state index in [0.29, 0.717) is 0 Å². The molecule has 15 heavy (non-hydrogen) atoms. The van der Waals surface area contributed by atoms with Crippen LogP contribution in [0.1, 0.15) is 0 Å². The molecule has 1 aliphatic heterocycles. The zero-order chi connectivity index (χ0) is 11.0. The number of carbonyl (C=O) groups excluding carboxylic acids is 1. The molecule has 0 aromatic carbocycles. The van der Waals surface area contributed by atoms with E-state index in [4.69, 9.17) is 10.8 Å². The summed E-state index contributed by atoms with van der Waals surface area (Å²) in [7, 11) is 0. The van der Waals surface area contributed by atoms with E-state index in [1.54, 1.807) is 0 Å². The summed E-state index contributed by atoms with van der Waals surface area (Å²) >= 11 is 0. The Morgan fingerprint density at radius 3 is 3.07 bits per heavy atom. The Hall–Kier alpha value is -2.38. The first-order valence-corrected chi connectivity index (χ1v) is 4.01. The van der Waals surface area contributed by atoms with Crippen LogP contribution in [0.5, 0.6) is 0 Å². The second-order valence-corrected chi connectivity index (χ2v) is 2.88. The van der Waals surface area contributed by atoms with Gasteiger partial charge >= 0.3 is 6.09 Å². The van der Waals surface area contributed by atoms with E-state index >= 15 is 0 Å². The van der Waals surface area contributed by atoms with Gasteiger partial charge in [-0.1, -0.05) is 0 Å². The van der Waals surface area contributed by atoms with Gasteiger partial charge in [0.15, 0.2) is 5.82 Å². The smallest absolute Gasteiger partial charge is 0.413 e. The fourth-order valence-electron chi connectivity index (χ4n) is 1.25. The quantitative estimate of drug-likeness (QED) is 0.529. The summed E-state index contributed by atoms with van der Waals surface area (Å²) in [5.74, 6) is -0.385. The molecule has 4 N–H and O–H groups in total. The van der Waals surface area contributed by atoms with Crippen molar-refractivity contribution in [3.63, 3.8) is 0 Å². The number of carbonyl (C=O) groups is 2. The van der Waals surface area contributed by atoms with Crippen molar-refractivity contribution in [2.75, 3.05) is 22.5 Å². The molecule has 1 aliphatic rings. The Bertz CT molecular complexity index is 446. The number of nitrogens with one attached hydrogen (secondary N) is 1. The van der Waals surface area contributed by atoms with Gasteiger partial charge in [0, 0.05) is 0 Å². The Morgan fingerprint density at radius 1 is 1.67 bits per heavy atom. The van der Waals surface area contributed by atoms with Gasteiger partial charge in [0.1, 0.15) is 12.2 Å². The Balaban J connectivity index is 2.52. The van der Waals surface area contributed by atoms with Crippen LogP contribution in [-0.2, 0) is 4.79 Å². The molecule has 8 heteroatoms. The fraction of sp³-hybridized carbons (Fsp3) is 0.143. The summed E-state index contributed by atoms with van der Waals surface area (Å²) in [4.78, 5) is 30.2. The molecule has 0 bridgehead atoms. The molecule has 8 nitrogen and oxygen atoms in total. The first-order valence-electron chi connectivity index (χ1n) is 4.01. The van der Waals surface area contributed by atoms with E-state index in [0.717, 1.165) is 4.90 Å². The lowest BCUT2D eigenvalue weighted by molar-refractivity contribution is -0.115. The first kappa shape index (κ1) is 9.19. The third-order valence-electron chi connectivity index (χ3n) is 1.85. The van der Waals surface area contributed by atoms with Crippen molar-refractivity contribution in [1.29, 1.82) is 0 Å². The standard InChI is InChI=1S/C7H7N5O3/c8-6-9-1-3-5(11-6)12(7(14)15)2-4(13)10-3/h1H,2H2,(H,10,13)(H,14,15)(H2,8,9,11).